The van der Waals surface area contributed by atoms with Gasteiger partial charge in [-0.15, -0.1) is 0 Å². The van der Waals surface area contributed by atoms with Crippen LogP contribution in [0.4, 0.5) is 15.8 Å². The van der Waals surface area contributed by atoms with Crippen molar-refractivity contribution in [2.45, 2.75) is 18.4 Å². The molecule has 0 aliphatic carbocycles. The molecule has 3 aromatic carbocycles. The molecule has 3 rings (SSSR count). The third-order valence-corrected chi connectivity index (χ3v) is 6.41. The third-order valence-electron chi connectivity index (χ3n) is 4.09. The van der Waals surface area contributed by atoms with Gasteiger partial charge in [0.1, 0.15) is 5.82 Å². The zero-order valence-corrected chi connectivity index (χ0v) is 17.9. The summed E-state index contributed by atoms with van der Waals surface area (Å²) in [6, 6.07) is 18.6. The minimum absolute atomic E-state index is 0.0326. The Morgan fingerprint density at radius 1 is 1.03 bits per heavy atom. The molecule has 0 bridgehead atoms. The van der Waals surface area contributed by atoms with E-state index in [1.165, 1.54) is 47.6 Å². The Hall–Kier alpha value is -2.71. The van der Waals surface area contributed by atoms with E-state index in [4.69, 9.17) is 0 Å². The molecular weight excluding hydrogens is 459 g/mol. The molecule has 3 aromatic rings. The van der Waals surface area contributed by atoms with E-state index in [2.05, 4.69) is 21.2 Å². The van der Waals surface area contributed by atoms with Gasteiger partial charge in [0.15, 0.2) is 0 Å². The molecule has 29 heavy (non-hydrogen) atoms. The number of nitrogens with zero attached hydrogens (tertiary/aromatic N) is 1. The van der Waals surface area contributed by atoms with Crippen molar-refractivity contribution in [2.75, 3.05) is 9.62 Å². The molecule has 0 aliphatic heterocycles. The zero-order chi connectivity index (χ0) is 21.0. The van der Waals surface area contributed by atoms with Crippen LogP contribution in [0.5, 0.6) is 0 Å². The first kappa shape index (κ1) is 21.0. The van der Waals surface area contributed by atoms with Crippen LogP contribution in [-0.2, 0) is 21.4 Å². The number of halogens is 2. The molecule has 0 aromatic heterocycles. The maximum Gasteiger partial charge on any atom is 0.264 e. The van der Waals surface area contributed by atoms with Gasteiger partial charge in [0.2, 0.25) is 5.91 Å². The lowest BCUT2D eigenvalue weighted by molar-refractivity contribution is -0.114. The van der Waals surface area contributed by atoms with Crippen LogP contribution in [-0.4, -0.2) is 14.3 Å². The predicted octanol–water partition coefficient (Wildman–Crippen LogP) is 4.94. The highest BCUT2D eigenvalue weighted by molar-refractivity contribution is 9.10. The molecule has 0 saturated heterocycles. The van der Waals surface area contributed by atoms with Crippen molar-refractivity contribution in [3.8, 4) is 0 Å². The van der Waals surface area contributed by atoms with Crippen molar-refractivity contribution < 1.29 is 17.6 Å². The van der Waals surface area contributed by atoms with E-state index in [0.29, 0.717) is 16.9 Å². The monoisotopic (exact) mass is 476 g/mol. The first-order valence-corrected chi connectivity index (χ1v) is 10.9. The Morgan fingerprint density at radius 2 is 1.69 bits per heavy atom. The van der Waals surface area contributed by atoms with Crippen LogP contribution in [0.15, 0.2) is 82.2 Å². The normalized spacial score (nSPS) is 11.1. The van der Waals surface area contributed by atoms with Gasteiger partial charge in [0.05, 0.1) is 17.1 Å². The summed E-state index contributed by atoms with van der Waals surface area (Å²) < 4.78 is 42.4. The minimum Gasteiger partial charge on any atom is -0.326 e. The van der Waals surface area contributed by atoms with Crippen molar-refractivity contribution in [2.24, 2.45) is 0 Å². The zero-order valence-electron chi connectivity index (χ0n) is 15.5. The van der Waals surface area contributed by atoms with E-state index in [9.17, 15) is 17.6 Å². The molecule has 0 heterocycles. The van der Waals surface area contributed by atoms with Gasteiger partial charge in [-0.3, -0.25) is 9.10 Å². The second-order valence-electron chi connectivity index (χ2n) is 6.32. The fourth-order valence-electron chi connectivity index (χ4n) is 2.76. The van der Waals surface area contributed by atoms with Crippen LogP contribution in [0.25, 0.3) is 0 Å². The summed E-state index contributed by atoms with van der Waals surface area (Å²) in [6.07, 6.45) is 0. The number of hydrogen-bond donors (Lipinski definition) is 1. The number of nitrogens with one attached hydrogen (secondary N) is 1. The number of anilines is 2. The van der Waals surface area contributed by atoms with Gasteiger partial charge in [-0.25, -0.2) is 12.8 Å². The predicted molar refractivity (Wildman–Crippen MR) is 115 cm³/mol. The molecule has 5 nitrogen and oxygen atoms in total. The van der Waals surface area contributed by atoms with Gasteiger partial charge < -0.3 is 5.32 Å². The van der Waals surface area contributed by atoms with E-state index in [0.717, 1.165) is 4.47 Å². The van der Waals surface area contributed by atoms with Crippen LogP contribution in [0.3, 0.4) is 0 Å². The lowest BCUT2D eigenvalue weighted by atomic mass is 10.2. The van der Waals surface area contributed by atoms with E-state index in [1.807, 2.05) is 0 Å². The maximum absolute atomic E-state index is 13.6. The highest BCUT2D eigenvalue weighted by atomic mass is 79.9. The molecule has 1 amide bonds. The summed E-state index contributed by atoms with van der Waals surface area (Å²) in [5.74, 6) is -0.682. The second kappa shape index (κ2) is 8.75. The van der Waals surface area contributed by atoms with Gasteiger partial charge in [0, 0.05) is 17.1 Å². The van der Waals surface area contributed by atoms with Gasteiger partial charge >= 0.3 is 0 Å². The molecule has 0 aliphatic rings. The Balaban J connectivity index is 2.01. The standard InChI is InChI=1S/C21H18BrFN2O3S/c1-15(26)24-19-7-11-21(12-8-19)29(27,28)25(20-9-5-17(22)6-10-20)14-16-3-2-4-18(23)13-16/h2-13H,14H2,1H3,(H,24,26). The van der Waals surface area contributed by atoms with Crippen molar-refractivity contribution >= 4 is 43.2 Å². The number of sulfonamides is 1. The van der Waals surface area contributed by atoms with Crippen molar-refractivity contribution in [1.82, 2.24) is 0 Å². The first-order valence-electron chi connectivity index (χ1n) is 8.66. The Bertz CT molecular complexity index is 1120. The Morgan fingerprint density at radius 3 is 2.28 bits per heavy atom. The SMILES string of the molecule is CC(=O)Nc1ccc(S(=O)(=O)N(Cc2cccc(F)c2)c2ccc(Br)cc2)cc1. The van der Waals surface area contributed by atoms with E-state index < -0.39 is 15.8 Å². The third kappa shape index (κ3) is 5.21. The van der Waals surface area contributed by atoms with E-state index in [1.54, 1.807) is 36.4 Å². The van der Waals surface area contributed by atoms with E-state index in [-0.39, 0.29) is 17.3 Å². The molecule has 0 saturated carbocycles. The average Bonchev–Trinajstić information content (AvgIpc) is 2.67. The molecule has 8 heteroatoms. The van der Waals surface area contributed by atoms with Gasteiger partial charge in [-0.05, 0) is 66.2 Å². The summed E-state index contributed by atoms with van der Waals surface area (Å²) in [5.41, 5.74) is 1.46. The quantitative estimate of drug-likeness (QED) is 0.547. The number of hydrogen-bond acceptors (Lipinski definition) is 3. The molecular formula is C21H18BrFN2O3S. The van der Waals surface area contributed by atoms with Crippen LogP contribution < -0.4 is 9.62 Å². The molecule has 0 fully saturated rings. The Kier molecular flexibility index (Phi) is 6.34. The lowest BCUT2D eigenvalue weighted by Gasteiger charge is -2.25. The molecule has 0 radical (unpaired) electrons. The van der Waals surface area contributed by atoms with Crippen molar-refractivity contribution in [1.29, 1.82) is 0 Å². The molecule has 0 unspecified atom stereocenters. The first-order chi connectivity index (χ1) is 13.8. The summed E-state index contributed by atoms with van der Waals surface area (Å²) in [4.78, 5) is 11.2. The largest absolute Gasteiger partial charge is 0.326 e. The minimum atomic E-state index is -3.94. The molecule has 150 valence electrons. The van der Waals surface area contributed by atoms with Crippen LogP contribution in [0.2, 0.25) is 0 Å². The van der Waals surface area contributed by atoms with Crippen molar-refractivity contribution in [3.63, 3.8) is 0 Å². The van der Waals surface area contributed by atoms with Crippen LogP contribution in [0, 0.1) is 5.82 Å². The lowest BCUT2D eigenvalue weighted by Crippen LogP contribution is -2.30. The average molecular weight is 477 g/mol. The highest BCUT2D eigenvalue weighted by Gasteiger charge is 2.25. The van der Waals surface area contributed by atoms with Crippen LogP contribution in [0.1, 0.15) is 12.5 Å². The summed E-state index contributed by atoms with van der Waals surface area (Å²) >= 11 is 3.34. The topological polar surface area (TPSA) is 66.5 Å². The Labute approximate surface area is 177 Å². The summed E-state index contributed by atoms with van der Waals surface area (Å²) in [7, 11) is -3.94. The number of carbonyl (C=O) groups is 1. The summed E-state index contributed by atoms with van der Waals surface area (Å²) in [6.45, 7) is 1.34. The molecule has 0 atom stereocenters. The van der Waals surface area contributed by atoms with Gasteiger partial charge in [-0.2, -0.15) is 0 Å². The highest BCUT2D eigenvalue weighted by Crippen LogP contribution is 2.28. The molecule has 1 N–H and O–H groups in total. The fraction of sp³-hybridized carbons (Fsp3) is 0.0952. The number of rotatable bonds is 6. The van der Waals surface area contributed by atoms with Crippen LogP contribution >= 0.6 is 15.9 Å². The van der Waals surface area contributed by atoms with Gasteiger partial charge in [-0.1, -0.05) is 28.1 Å². The second-order valence-corrected chi connectivity index (χ2v) is 9.10. The van der Waals surface area contributed by atoms with Crippen molar-refractivity contribution in [3.05, 3.63) is 88.6 Å². The number of carbonyl (C=O) groups excluding carboxylic acids is 1. The van der Waals surface area contributed by atoms with Gasteiger partial charge in [0.25, 0.3) is 10.0 Å². The smallest absolute Gasteiger partial charge is 0.264 e. The summed E-state index contributed by atoms with van der Waals surface area (Å²) in [5, 5.41) is 2.60. The number of benzene rings is 3. The fourth-order valence-corrected chi connectivity index (χ4v) is 4.48. The number of amides is 1. The van der Waals surface area contributed by atoms with E-state index >= 15 is 0 Å². The molecule has 0 spiro atoms. The maximum atomic E-state index is 13.6.